The first-order valence-electron chi connectivity index (χ1n) is 5.66. The molecule has 2 atom stereocenters. The van der Waals surface area contributed by atoms with E-state index in [0.717, 1.165) is 18.6 Å². The fourth-order valence-corrected chi connectivity index (χ4v) is 2.12. The van der Waals surface area contributed by atoms with E-state index in [1.807, 2.05) is 0 Å². The summed E-state index contributed by atoms with van der Waals surface area (Å²) in [6, 6.07) is 1.81. The monoisotopic (exact) mass is 222 g/mol. The van der Waals surface area contributed by atoms with E-state index in [4.69, 9.17) is 15.2 Å². The molecule has 0 saturated carbocycles. The van der Waals surface area contributed by atoms with Crippen LogP contribution in [0.1, 0.15) is 26.7 Å². The summed E-state index contributed by atoms with van der Waals surface area (Å²) >= 11 is 0. The van der Waals surface area contributed by atoms with Crippen molar-refractivity contribution in [2.75, 3.05) is 5.73 Å². The van der Waals surface area contributed by atoms with Crippen LogP contribution in [0.25, 0.3) is 0 Å². The maximum atomic E-state index is 5.88. The van der Waals surface area contributed by atoms with Crippen LogP contribution >= 0.6 is 0 Å². The molecule has 0 aromatic carbocycles. The molecule has 4 heteroatoms. The minimum absolute atomic E-state index is 0.184. The quantitative estimate of drug-likeness (QED) is 0.831. The molecule has 16 heavy (non-hydrogen) atoms. The van der Waals surface area contributed by atoms with E-state index in [1.54, 1.807) is 18.5 Å². The SMILES string of the molecule is CC1CC(Oc2ccncc2N)CC(C)O1. The first kappa shape index (κ1) is 11.2. The Morgan fingerprint density at radius 3 is 2.69 bits per heavy atom. The second-order valence-corrected chi connectivity index (χ2v) is 4.38. The van der Waals surface area contributed by atoms with Gasteiger partial charge in [0.1, 0.15) is 11.9 Å². The van der Waals surface area contributed by atoms with E-state index in [9.17, 15) is 0 Å². The lowest BCUT2D eigenvalue weighted by Crippen LogP contribution is -2.35. The molecule has 4 nitrogen and oxygen atoms in total. The van der Waals surface area contributed by atoms with Crippen molar-refractivity contribution in [1.29, 1.82) is 0 Å². The maximum Gasteiger partial charge on any atom is 0.145 e. The average molecular weight is 222 g/mol. The van der Waals surface area contributed by atoms with Crippen LogP contribution in [-0.4, -0.2) is 23.3 Å². The van der Waals surface area contributed by atoms with Crippen molar-refractivity contribution in [2.45, 2.75) is 45.0 Å². The summed E-state index contributed by atoms with van der Waals surface area (Å²) in [4.78, 5) is 3.94. The maximum absolute atomic E-state index is 5.88. The number of aromatic nitrogens is 1. The Hall–Kier alpha value is -1.29. The summed E-state index contributed by atoms with van der Waals surface area (Å²) in [5.74, 6) is 0.723. The predicted octanol–water partition coefficient (Wildman–Crippen LogP) is 2.00. The highest BCUT2D eigenvalue weighted by Crippen LogP contribution is 2.26. The van der Waals surface area contributed by atoms with Crippen LogP contribution in [0.4, 0.5) is 5.69 Å². The van der Waals surface area contributed by atoms with Crippen molar-refractivity contribution in [3.8, 4) is 5.75 Å². The molecule has 0 bridgehead atoms. The second kappa shape index (κ2) is 4.70. The summed E-state index contributed by atoms with van der Waals surface area (Å²) < 4.78 is 11.5. The number of pyridine rings is 1. The van der Waals surface area contributed by atoms with Crippen LogP contribution in [0, 0.1) is 0 Å². The molecule has 1 fully saturated rings. The molecule has 1 aliphatic heterocycles. The number of nitrogen functional groups attached to an aromatic ring is 1. The van der Waals surface area contributed by atoms with Gasteiger partial charge in [-0.15, -0.1) is 0 Å². The highest BCUT2D eigenvalue weighted by molar-refractivity contribution is 5.49. The highest BCUT2D eigenvalue weighted by Gasteiger charge is 2.26. The zero-order valence-corrected chi connectivity index (χ0v) is 9.72. The Balaban J connectivity index is 2.02. The highest BCUT2D eigenvalue weighted by atomic mass is 16.5. The van der Waals surface area contributed by atoms with Gasteiger partial charge in [-0.2, -0.15) is 0 Å². The first-order chi connectivity index (χ1) is 7.65. The largest absolute Gasteiger partial charge is 0.488 e. The van der Waals surface area contributed by atoms with E-state index < -0.39 is 0 Å². The number of nitrogens with zero attached hydrogens (tertiary/aromatic N) is 1. The Labute approximate surface area is 95.8 Å². The van der Waals surface area contributed by atoms with Crippen molar-refractivity contribution in [1.82, 2.24) is 4.98 Å². The van der Waals surface area contributed by atoms with Gasteiger partial charge in [0.25, 0.3) is 0 Å². The van der Waals surface area contributed by atoms with Crippen LogP contribution in [-0.2, 0) is 4.74 Å². The van der Waals surface area contributed by atoms with Crippen LogP contribution in [0.15, 0.2) is 18.5 Å². The molecule has 1 saturated heterocycles. The topological polar surface area (TPSA) is 57.4 Å². The normalized spacial score (nSPS) is 30.0. The van der Waals surface area contributed by atoms with Crippen molar-refractivity contribution in [3.05, 3.63) is 18.5 Å². The van der Waals surface area contributed by atoms with E-state index >= 15 is 0 Å². The van der Waals surface area contributed by atoms with Crippen LogP contribution < -0.4 is 10.5 Å². The Morgan fingerprint density at radius 2 is 2.06 bits per heavy atom. The van der Waals surface area contributed by atoms with Gasteiger partial charge in [0.2, 0.25) is 0 Å². The molecule has 2 heterocycles. The standard InChI is InChI=1S/C12H18N2O2/c1-8-5-10(6-9(2)15-8)16-12-3-4-14-7-11(12)13/h3-4,7-10H,5-6,13H2,1-2H3. The summed E-state index contributed by atoms with van der Waals surface area (Å²) in [7, 11) is 0. The summed E-state index contributed by atoms with van der Waals surface area (Å²) in [5.41, 5.74) is 6.38. The van der Waals surface area contributed by atoms with Gasteiger partial charge in [0, 0.05) is 25.1 Å². The molecular formula is C12H18N2O2. The zero-order valence-electron chi connectivity index (χ0n) is 9.72. The van der Waals surface area contributed by atoms with E-state index in [-0.39, 0.29) is 18.3 Å². The fraction of sp³-hybridized carbons (Fsp3) is 0.583. The van der Waals surface area contributed by atoms with E-state index in [0.29, 0.717) is 5.69 Å². The molecular weight excluding hydrogens is 204 g/mol. The fourth-order valence-electron chi connectivity index (χ4n) is 2.12. The molecule has 0 amide bonds. The van der Waals surface area contributed by atoms with E-state index in [1.165, 1.54) is 0 Å². The molecule has 0 spiro atoms. The second-order valence-electron chi connectivity index (χ2n) is 4.38. The number of hydrogen-bond acceptors (Lipinski definition) is 4. The molecule has 1 aromatic heterocycles. The molecule has 0 aliphatic carbocycles. The van der Waals surface area contributed by atoms with Crippen molar-refractivity contribution in [2.24, 2.45) is 0 Å². The third-order valence-electron chi connectivity index (χ3n) is 2.76. The molecule has 2 rings (SSSR count). The minimum atomic E-state index is 0.184. The van der Waals surface area contributed by atoms with Gasteiger partial charge in [-0.3, -0.25) is 4.98 Å². The smallest absolute Gasteiger partial charge is 0.145 e. The number of nitrogens with two attached hydrogens (primary N) is 1. The predicted molar refractivity (Wildman–Crippen MR) is 62.3 cm³/mol. The Morgan fingerprint density at radius 1 is 1.38 bits per heavy atom. The number of anilines is 1. The minimum Gasteiger partial charge on any atom is -0.488 e. The number of rotatable bonds is 2. The van der Waals surface area contributed by atoms with Crippen LogP contribution in [0.5, 0.6) is 5.75 Å². The van der Waals surface area contributed by atoms with Gasteiger partial charge in [-0.25, -0.2) is 0 Å². The number of hydrogen-bond donors (Lipinski definition) is 1. The number of ether oxygens (including phenoxy) is 2. The van der Waals surface area contributed by atoms with Crippen molar-refractivity contribution in [3.63, 3.8) is 0 Å². The lowest BCUT2D eigenvalue weighted by atomic mass is 10.0. The Kier molecular flexibility index (Phi) is 3.29. The molecule has 0 radical (unpaired) electrons. The van der Waals surface area contributed by atoms with Gasteiger partial charge in [-0.1, -0.05) is 0 Å². The third kappa shape index (κ3) is 2.64. The van der Waals surface area contributed by atoms with Gasteiger partial charge in [0.05, 0.1) is 24.1 Å². The van der Waals surface area contributed by atoms with Gasteiger partial charge in [0.15, 0.2) is 0 Å². The van der Waals surface area contributed by atoms with E-state index in [2.05, 4.69) is 18.8 Å². The first-order valence-corrected chi connectivity index (χ1v) is 5.66. The molecule has 2 N–H and O–H groups in total. The van der Waals surface area contributed by atoms with Crippen LogP contribution in [0.2, 0.25) is 0 Å². The lowest BCUT2D eigenvalue weighted by molar-refractivity contribution is -0.0720. The van der Waals surface area contributed by atoms with Crippen molar-refractivity contribution >= 4 is 5.69 Å². The molecule has 2 unspecified atom stereocenters. The summed E-state index contributed by atoms with van der Waals surface area (Å²) in [5, 5.41) is 0. The third-order valence-corrected chi connectivity index (χ3v) is 2.76. The van der Waals surface area contributed by atoms with Crippen molar-refractivity contribution < 1.29 is 9.47 Å². The molecule has 88 valence electrons. The van der Waals surface area contributed by atoms with Gasteiger partial charge >= 0.3 is 0 Å². The molecule has 1 aromatic rings. The summed E-state index contributed by atoms with van der Waals surface area (Å²) in [6.45, 7) is 4.14. The molecule has 1 aliphatic rings. The summed E-state index contributed by atoms with van der Waals surface area (Å²) in [6.07, 6.45) is 5.80. The Bertz CT molecular complexity index is 347. The van der Waals surface area contributed by atoms with Gasteiger partial charge < -0.3 is 15.2 Å². The zero-order chi connectivity index (χ0) is 11.5. The van der Waals surface area contributed by atoms with Crippen LogP contribution in [0.3, 0.4) is 0 Å². The van der Waals surface area contributed by atoms with Gasteiger partial charge in [-0.05, 0) is 13.8 Å². The average Bonchev–Trinajstić information content (AvgIpc) is 2.20. The lowest BCUT2D eigenvalue weighted by Gasteiger charge is -2.32.